The van der Waals surface area contributed by atoms with Crippen LogP contribution in [0.25, 0.3) is 0 Å². The quantitative estimate of drug-likeness (QED) is 0.532. The summed E-state index contributed by atoms with van der Waals surface area (Å²) < 4.78 is 44.3. The van der Waals surface area contributed by atoms with Crippen molar-refractivity contribution in [3.8, 4) is 0 Å². The Hall–Kier alpha value is 0.519. The van der Waals surface area contributed by atoms with Crippen molar-refractivity contribution in [3.63, 3.8) is 0 Å². The van der Waals surface area contributed by atoms with Crippen LogP contribution in [-0.2, 0) is 0 Å². The van der Waals surface area contributed by atoms with Gasteiger partial charge in [-0.05, 0) is 0 Å². The van der Waals surface area contributed by atoms with Crippen LogP contribution in [0.4, 0.5) is 17.6 Å². The third-order valence-corrected chi connectivity index (χ3v) is 7.60. The second-order valence-corrected chi connectivity index (χ2v) is 17.9. The Morgan fingerprint density at radius 3 is 1.40 bits per heavy atom. The summed E-state index contributed by atoms with van der Waals surface area (Å²) in [5, 5.41) is 0. The summed E-state index contributed by atoms with van der Waals surface area (Å²) in [6.45, 7) is 0. The summed E-state index contributed by atoms with van der Waals surface area (Å²) in [5.74, 6) is 0. The molecule has 0 aromatic heterocycles. The van der Waals surface area contributed by atoms with Gasteiger partial charge in [0.25, 0.3) is 0 Å². The molecule has 0 rings (SSSR count). The monoisotopic (exact) mass is 266 g/mol. The van der Waals surface area contributed by atoms with E-state index in [4.69, 9.17) is 0 Å². The van der Waals surface area contributed by atoms with Crippen LogP contribution in [0.2, 0.25) is 14.8 Å². The molecule has 0 bridgehead atoms. The molecule has 0 unspecified atom stereocenters. The molecule has 0 aliphatic carbocycles. The van der Waals surface area contributed by atoms with Gasteiger partial charge < -0.3 is 0 Å². The van der Waals surface area contributed by atoms with Gasteiger partial charge in [-0.25, -0.2) is 0 Å². The van der Waals surface area contributed by atoms with Gasteiger partial charge in [-0.15, -0.1) is 0 Å². The molecule has 0 atom stereocenters. The van der Waals surface area contributed by atoms with Crippen molar-refractivity contribution in [2.75, 3.05) is 0 Å². The second kappa shape index (κ2) is 2.87. The Morgan fingerprint density at radius 1 is 1.10 bits per heavy atom. The van der Waals surface area contributed by atoms with E-state index in [2.05, 4.69) is 0 Å². The molecule has 10 heavy (non-hydrogen) atoms. The van der Waals surface area contributed by atoms with Crippen molar-refractivity contribution in [3.05, 3.63) is 0 Å². The van der Waals surface area contributed by atoms with Crippen molar-refractivity contribution in [1.29, 1.82) is 0 Å². The summed E-state index contributed by atoms with van der Waals surface area (Å²) in [4.78, 5) is 3.88. The van der Waals surface area contributed by atoms with Gasteiger partial charge in [-0.1, -0.05) is 0 Å². The van der Waals surface area contributed by atoms with Crippen LogP contribution in [0.3, 0.4) is 0 Å². The fraction of sp³-hybridized carbons (Fsp3) is 1.00. The molecule has 0 aromatic carbocycles. The first-order valence-electron chi connectivity index (χ1n) is 2.85. The van der Waals surface area contributed by atoms with Crippen LogP contribution >= 0.6 is 0 Å². The van der Waals surface area contributed by atoms with Crippen molar-refractivity contribution < 1.29 is 17.6 Å². The molecule has 0 nitrogen and oxygen atoms in total. The molecule has 0 radical (unpaired) electrons. The van der Waals surface area contributed by atoms with E-state index in [1.54, 1.807) is 0 Å². The molecule has 0 saturated heterocycles. The molecule has 0 aliphatic heterocycles. The molecule has 0 amide bonds. The van der Waals surface area contributed by atoms with Crippen LogP contribution < -0.4 is 0 Å². The molecule has 62 valence electrons. The van der Waals surface area contributed by atoms with E-state index in [9.17, 15) is 17.6 Å². The summed E-state index contributed by atoms with van der Waals surface area (Å²) in [6, 6.07) is 0. The van der Waals surface area contributed by atoms with Gasteiger partial charge >= 0.3 is 61.1 Å². The van der Waals surface area contributed by atoms with Gasteiger partial charge in [0.2, 0.25) is 0 Å². The molecule has 0 heterocycles. The zero-order valence-electron chi connectivity index (χ0n) is 6.09. The minimum absolute atomic E-state index is 1.29. The third kappa shape index (κ3) is 2.00. The van der Waals surface area contributed by atoms with Gasteiger partial charge in [-0.2, -0.15) is 0 Å². The van der Waals surface area contributed by atoms with Crippen molar-refractivity contribution in [2.24, 2.45) is 0 Å². The predicted molar refractivity (Wildman–Crippen MR) is 34.3 cm³/mol. The van der Waals surface area contributed by atoms with Crippen molar-refractivity contribution >= 4 is 18.4 Å². The average molecular weight is 265 g/mol. The summed E-state index contributed by atoms with van der Waals surface area (Å²) in [7, 11) is 0. The molecule has 0 aliphatic rings. The first-order chi connectivity index (χ1) is 4.19. The second-order valence-electron chi connectivity index (χ2n) is 3.17. The Morgan fingerprint density at radius 2 is 1.40 bits per heavy atom. The number of hydrogen-bond acceptors (Lipinski definition) is 0. The molecule has 0 fully saturated rings. The van der Waals surface area contributed by atoms with Crippen LogP contribution in [0, 0.1) is 0 Å². The average Bonchev–Trinajstić information content (AvgIpc) is 1.62. The Kier molecular flexibility index (Phi) is 3.02. The maximum atomic E-state index is 12.4. The van der Waals surface area contributed by atoms with E-state index >= 15 is 0 Å². The molecule has 0 spiro atoms. The minimum atomic E-state index is -3.73. The number of alkyl halides is 4. The van der Waals surface area contributed by atoms with Gasteiger partial charge in [0.05, 0.1) is 0 Å². The maximum absolute atomic E-state index is 12.4. The van der Waals surface area contributed by atoms with Gasteiger partial charge in [-0.3, -0.25) is 0 Å². The Bertz CT molecular complexity index is 115. The SMILES string of the molecule is [CH3][Sn]([CH3])([CH3])[C](F)(F)C(F)F. The standard InChI is InChI=1S/C2HF4.3CH3.Sn/c3-1(4)2(5)6;;;;/h1H;3*1H3;. The van der Waals surface area contributed by atoms with Crippen LogP contribution in [0.15, 0.2) is 0 Å². The Balaban J connectivity index is 4.40. The van der Waals surface area contributed by atoms with Gasteiger partial charge in [0, 0.05) is 0 Å². The van der Waals surface area contributed by atoms with Gasteiger partial charge in [0.15, 0.2) is 0 Å². The molecule has 5 heteroatoms. The predicted octanol–water partition coefficient (Wildman–Crippen LogP) is 2.76. The zero-order chi connectivity index (χ0) is 8.58. The molecular formula is C5H10F4Sn. The summed E-state index contributed by atoms with van der Waals surface area (Å²) >= 11 is -3.73. The summed E-state index contributed by atoms with van der Waals surface area (Å²) in [6.07, 6.45) is -3.48. The molecule has 0 aromatic rings. The van der Waals surface area contributed by atoms with E-state index in [0.29, 0.717) is 0 Å². The molecule has 0 saturated carbocycles. The van der Waals surface area contributed by atoms with Crippen LogP contribution in [0.1, 0.15) is 0 Å². The van der Waals surface area contributed by atoms with E-state index in [1.165, 1.54) is 14.8 Å². The third-order valence-electron chi connectivity index (χ3n) is 1.27. The first kappa shape index (κ1) is 10.5. The molecule has 0 N–H and O–H groups in total. The van der Waals surface area contributed by atoms with E-state index < -0.39 is 28.7 Å². The van der Waals surface area contributed by atoms with E-state index in [0.717, 1.165) is 0 Å². The zero-order valence-corrected chi connectivity index (χ0v) is 8.94. The first-order valence-corrected chi connectivity index (χ1v) is 12.8. The summed E-state index contributed by atoms with van der Waals surface area (Å²) in [5.41, 5.74) is 0. The number of rotatable bonds is 2. The number of hydrogen-bond donors (Lipinski definition) is 0. The van der Waals surface area contributed by atoms with Crippen LogP contribution in [0.5, 0.6) is 0 Å². The topological polar surface area (TPSA) is 0 Å². The fourth-order valence-corrected chi connectivity index (χ4v) is 2.20. The van der Waals surface area contributed by atoms with E-state index in [1.807, 2.05) is 0 Å². The number of halogens is 4. The van der Waals surface area contributed by atoms with Crippen molar-refractivity contribution in [2.45, 2.75) is 25.2 Å². The normalized spacial score (nSPS) is 14.4. The van der Waals surface area contributed by atoms with Gasteiger partial charge in [0.1, 0.15) is 0 Å². The molecular weight excluding hydrogens is 255 g/mol. The Labute approximate surface area is 61.5 Å². The fourth-order valence-electron chi connectivity index (χ4n) is 0.327. The van der Waals surface area contributed by atoms with Crippen molar-refractivity contribution in [1.82, 2.24) is 0 Å². The van der Waals surface area contributed by atoms with Crippen LogP contribution in [-0.4, -0.2) is 28.7 Å². The van der Waals surface area contributed by atoms with E-state index in [-0.39, 0.29) is 0 Å².